The minimum absolute atomic E-state index is 0.0798. The molecule has 0 aliphatic carbocycles. The van der Waals surface area contributed by atoms with Crippen molar-refractivity contribution < 1.29 is 19.0 Å². The van der Waals surface area contributed by atoms with Crippen LogP contribution < -0.4 is 9.80 Å². The summed E-state index contributed by atoms with van der Waals surface area (Å²) in [4.78, 5) is 22.9. The maximum Gasteiger partial charge on any atom is 0.180 e. The first-order chi connectivity index (χ1) is 18.6. The Morgan fingerprint density at radius 1 is 1.00 bits per heavy atom. The van der Waals surface area contributed by atoms with Crippen molar-refractivity contribution in [2.45, 2.75) is 70.3 Å². The number of aromatic nitrogens is 5. The molecule has 0 radical (unpaired) electrons. The monoisotopic (exact) mass is 521 g/mol. The molecule has 202 valence electrons. The van der Waals surface area contributed by atoms with Crippen LogP contribution in [-0.4, -0.2) is 88.0 Å². The Hall–Kier alpha value is -3.02. The zero-order valence-electron chi connectivity index (χ0n) is 22.1. The first-order valence-electron chi connectivity index (χ1n) is 13.9. The van der Waals surface area contributed by atoms with Crippen molar-refractivity contribution in [3.8, 4) is 5.82 Å². The Bertz CT molecular complexity index is 1330. The molecule has 7 rings (SSSR count). The lowest BCUT2D eigenvalue weighted by Gasteiger charge is -2.38. The largest absolute Gasteiger partial charge is 0.377 e. The van der Waals surface area contributed by atoms with Crippen LogP contribution in [0.15, 0.2) is 18.3 Å². The molecule has 0 aromatic carbocycles. The number of ether oxygens (including phenoxy) is 3. The third-order valence-corrected chi connectivity index (χ3v) is 8.38. The maximum atomic E-state index is 13.0. The Balaban J connectivity index is 1.41. The van der Waals surface area contributed by atoms with Crippen molar-refractivity contribution in [2.75, 3.05) is 49.4 Å². The first-order valence-corrected chi connectivity index (χ1v) is 13.9. The average Bonchev–Trinajstić information content (AvgIpc) is 3.63. The molecule has 3 aromatic rings. The van der Waals surface area contributed by atoms with Gasteiger partial charge in [0.1, 0.15) is 17.7 Å². The number of pyridine rings is 1. The fourth-order valence-electron chi connectivity index (χ4n) is 6.47. The lowest BCUT2D eigenvalue weighted by Crippen LogP contribution is -2.47. The van der Waals surface area contributed by atoms with Crippen LogP contribution >= 0.6 is 0 Å². The van der Waals surface area contributed by atoms with Crippen molar-refractivity contribution in [3.05, 3.63) is 24.0 Å². The van der Waals surface area contributed by atoms with Crippen LogP contribution in [0.5, 0.6) is 0 Å². The minimum atomic E-state index is -0.0908. The predicted molar refractivity (Wildman–Crippen MR) is 141 cm³/mol. The summed E-state index contributed by atoms with van der Waals surface area (Å²) in [6, 6.07) is 4.86. The Morgan fingerprint density at radius 3 is 2.58 bits per heavy atom. The number of ketones is 1. The molecule has 3 unspecified atom stereocenters. The van der Waals surface area contributed by atoms with E-state index < -0.39 is 0 Å². The summed E-state index contributed by atoms with van der Waals surface area (Å²) < 4.78 is 21.2. The van der Waals surface area contributed by atoms with Crippen LogP contribution in [0.4, 0.5) is 11.5 Å². The lowest BCUT2D eigenvalue weighted by atomic mass is 10.1. The van der Waals surface area contributed by atoms with Crippen molar-refractivity contribution in [1.29, 1.82) is 0 Å². The SMILES string of the molecule is CC(=O)c1nn(-c2ccn(C3CCCCO3)n2)c2nc(N3C4CCC3COC4)cc(N3CCOC[C@H]3C)c12. The fourth-order valence-corrected chi connectivity index (χ4v) is 6.47. The second kappa shape index (κ2) is 9.62. The van der Waals surface area contributed by atoms with Gasteiger partial charge in [-0.25, -0.2) is 9.67 Å². The van der Waals surface area contributed by atoms with Crippen LogP contribution in [-0.2, 0) is 14.2 Å². The number of nitrogens with zero attached hydrogens (tertiary/aromatic N) is 7. The zero-order chi connectivity index (χ0) is 25.8. The van der Waals surface area contributed by atoms with E-state index >= 15 is 0 Å². The zero-order valence-corrected chi connectivity index (χ0v) is 22.1. The maximum absolute atomic E-state index is 13.0. The van der Waals surface area contributed by atoms with E-state index in [4.69, 9.17) is 29.4 Å². The Labute approximate surface area is 221 Å². The van der Waals surface area contributed by atoms with E-state index in [1.165, 1.54) is 0 Å². The van der Waals surface area contributed by atoms with Gasteiger partial charge in [-0.15, -0.1) is 0 Å². The van der Waals surface area contributed by atoms with Gasteiger partial charge in [0.05, 0.1) is 49.6 Å². The van der Waals surface area contributed by atoms with E-state index in [1.807, 2.05) is 16.9 Å². The van der Waals surface area contributed by atoms with Gasteiger partial charge in [-0.2, -0.15) is 14.9 Å². The molecule has 4 atom stereocenters. The third-order valence-electron chi connectivity index (χ3n) is 8.38. The number of fused-ring (bicyclic) bond motifs is 3. The quantitative estimate of drug-likeness (QED) is 0.469. The van der Waals surface area contributed by atoms with Crippen molar-refractivity contribution >= 4 is 28.3 Å². The molecule has 0 amide bonds. The Morgan fingerprint density at radius 2 is 1.84 bits per heavy atom. The smallest absolute Gasteiger partial charge is 0.180 e. The summed E-state index contributed by atoms with van der Waals surface area (Å²) in [7, 11) is 0. The molecule has 0 saturated carbocycles. The van der Waals surface area contributed by atoms with Crippen LogP contribution in [0.2, 0.25) is 0 Å². The number of carbonyl (C=O) groups excluding carboxylic acids is 1. The first kappa shape index (κ1) is 24.1. The molecule has 7 heterocycles. The summed E-state index contributed by atoms with van der Waals surface area (Å²) >= 11 is 0. The van der Waals surface area contributed by atoms with Crippen LogP contribution in [0.3, 0.4) is 0 Å². The lowest BCUT2D eigenvalue weighted by molar-refractivity contribution is -0.0395. The number of hydrogen-bond donors (Lipinski definition) is 0. The molecule has 38 heavy (non-hydrogen) atoms. The summed E-state index contributed by atoms with van der Waals surface area (Å²) in [6.45, 7) is 7.92. The molecular weight excluding hydrogens is 486 g/mol. The summed E-state index contributed by atoms with van der Waals surface area (Å²) in [5.74, 6) is 1.45. The molecule has 4 aliphatic rings. The summed E-state index contributed by atoms with van der Waals surface area (Å²) in [5, 5.41) is 10.4. The molecular formula is C27H35N7O4. The average molecular weight is 522 g/mol. The fraction of sp³-hybridized carbons (Fsp3) is 0.630. The topological polar surface area (TPSA) is 99.8 Å². The highest BCUT2D eigenvalue weighted by Crippen LogP contribution is 2.40. The van der Waals surface area contributed by atoms with E-state index in [0.717, 1.165) is 62.1 Å². The second-order valence-corrected chi connectivity index (χ2v) is 10.9. The number of anilines is 2. The van der Waals surface area contributed by atoms with Gasteiger partial charge in [-0.3, -0.25) is 4.79 Å². The van der Waals surface area contributed by atoms with Gasteiger partial charge in [0.25, 0.3) is 0 Å². The van der Waals surface area contributed by atoms with Gasteiger partial charge in [0, 0.05) is 44.4 Å². The highest BCUT2D eigenvalue weighted by atomic mass is 16.5. The van der Waals surface area contributed by atoms with E-state index in [9.17, 15) is 4.79 Å². The van der Waals surface area contributed by atoms with Gasteiger partial charge in [0.15, 0.2) is 17.2 Å². The molecule has 11 heteroatoms. The molecule has 2 bridgehead atoms. The third kappa shape index (κ3) is 3.99. The van der Waals surface area contributed by atoms with Crippen molar-refractivity contribution in [1.82, 2.24) is 24.5 Å². The number of rotatable bonds is 5. The van der Waals surface area contributed by atoms with E-state index in [1.54, 1.807) is 11.6 Å². The van der Waals surface area contributed by atoms with Crippen LogP contribution in [0.25, 0.3) is 16.9 Å². The summed E-state index contributed by atoms with van der Waals surface area (Å²) in [6.07, 6.45) is 7.17. The van der Waals surface area contributed by atoms with Crippen molar-refractivity contribution in [3.63, 3.8) is 0 Å². The summed E-state index contributed by atoms with van der Waals surface area (Å²) in [5.41, 5.74) is 2.06. The number of carbonyl (C=O) groups is 1. The molecule has 4 fully saturated rings. The number of Topliss-reactive ketones (excluding diaryl/α,β-unsaturated/α-hetero) is 1. The van der Waals surface area contributed by atoms with E-state index in [-0.39, 0.29) is 18.1 Å². The van der Waals surface area contributed by atoms with Crippen LogP contribution in [0.1, 0.15) is 62.7 Å². The highest BCUT2D eigenvalue weighted by Gasteiger charge is 2.39. The van der Waals surface area contributed by atoms with Crippen LogP contribution in [0, 0.1) is 0 Å². The normalized spacial score (nSPS) is 27.8. The second-order valence-electron chi connectivity index (χ2n) is 10.9. The van der Waals surface area contributed by atoms with Crippen molar-refractivity contribution in [2.24, 2.45) is 0 Å². The number of hydrogen-bond acceptors (Lipinski definition) is 9. The van der Waals surface area contributed by atoms with Gasteiger partial charge < -0.3 is 24.0 Å². The molecule has 3 aromatic heterocycles. The van der Waals surface area contributed by atoms with E-state index in [2.05, 4.69) is 22.8 Å². The van der Waals surface area contributed by atoms with Gasteiger partial charge in [0.2, 0.25) is 0 Å². The highest BCUT2D eigenvalue weighted by molar-refractivity contribution is 6.09. The molecule has 0 spiro atoms. The van der Waals surface area contributed by atoms with Gasteiger partial charge in [-0.05, 0) is 39.0 Å². The predicted octanol–water partition coefficient (Wildman–Crippen LogP) is 3.11. The minimum Gasteiger partial charge on any atom is -0.377 e. The van der Waals surface area contributed by atoms with Gasteiger partial charge >= 0.3 is 0 Å². The standard InChI is InChI=1S/C27H35N7O4/c1-17-14-36-12-10-31(17)21-13-23(33-19-6-7-20(33)16-37-15-19)28-27-25(21)26(18(2)35)30-34(27)22-8-9-32(29-22)24-5-3-4-11-38-24/h8-9,13,17,19-20,24H,3-7,10-12,14-16H2,1-2H3/t17-,19?,20?,24?/m1/s1. The molecule has 0 N–H and O–H groups in total. The molecule has 4 saturated heterocycles. The molecule has 11 nitrogen and oxygen atoms in total. The Kier molecular flexibility index (Phi) is 6.09. The van der Waals surface area contributed by atoms with Gasteiger partial charge in [-0.1, -0.05) is 0 Å². The van der Waals surface area contributed by atoms with E-state index in [0.29, 0.717) is 55.7 Å². The number of morpholine rings is 2. The molecule has 4 aliphatic heterocycles.